The van der Waals surface area contributed by atoms with Crippen LogP contribution in [0.3, 0.4) is 0 Å². The van der Waals surface area contributed by atoms with E-state index in [1.165, 1.54) is 24.3 Å². The zero-order valence-corrected chi connectivity index (χ0v) is 14.9. The van der Waals surface area contributed by atoms with Gasteiger partial charge in [-0.25, -0.2) is 9.48 Å². The number of nitrogens with zero attached hydrogens (tertiary/aromatic N) is 2. The number of nitrogens with one attached hydrogen (secondary N) is 1. The molecule has 1 aromatic carbocycles. The summed E-state index contributed by atoms with van der Waals surface area (Å²) in [4.78, 5) is 23.5. The molecule has 1 heterocycles. The maximum absolute atomic E-state index is 13.3. The number of carboxylic acids is 1. The molecule has 0 radical (unpaired) electrons. The van der Waals surface area contributed by atoms with Crippen LogP contribution in [0.5, 0.6) is 0 Å². The fourth-order valence-electron chi connectivity index (χ4n) is 2.81. The van der Waals surface area contributed by atoms with Gasteiger partial charge in [-0.2, -0.15) is 18.3 Å². The van der Waals surface area contributed by atoms with Gasteiger partial charge in [-0.1, -0.05) is 0 Å². The SMILES string of the molecule is CCOCC1(C(=O)Nc2ccc(-n3ncc(C(=O)O)c3C(F)(F)F)cc2)CC1. The molecule has 1 aromatic heterocycles. The predicted molar refractivity (Wildman–Crippen MR) is 92.3 cm³/mol. The number of rotatable bonds is 7. The van der Waals surface area contributed by atoms with Gasteiger partial charge in [-0.3, -0.25) is 4.79 Å². The van der Waals surface area contributed by atoms with Gasteiger partial charge in [0, 0.05) is 12.3 Å². The molecule has 0 unspecified atom stereocenters. The van der Waals surface area contributed by atoms with Crippen molar-refractivity contribution in [1.29, 1.82) is 0 Å². The number of hydrogen-bond donors (Lipinski definition) is 2. The number of anilines is 1. The Morgan fingerprint density at radius 2 is 1.93 bits per heavy atom. The van der Waals surface area contributed by atoms with E-state index in [1.807, 2.05) is 6.92 Å². The summed E-state index contributed by atoms with van der Waals surface area (Å²) in [6.07, 6.45) is -2.80. The lowest BCUT2D eigenvalue weighted by Gasteiger charge is -2.16. The van der Waals surface area contributed by atoms with E-state index in [0.29, 0.717) is 29.8 Å². The molecule has 28 heavy (non-hydrogen) atoms. The Hall–Kier alpha value is -2.88. The minimum atomic E-state index is -4.89. The van der Waals surface area contributed by atoms with Crippen LogP contribution in [-0.2, 0) is 15.7 Å². The van der Waals surface area contributed by atoms with Crippen molar-refractivity contribution in [3.63, 3.8) is 0 Å². The summed E-state index contributed by atoms with van der Waals surface area (Å²) in [5, 5.41) is 15.3. The Labute approximate surface area is 158 Å². The third kappa shape index (κ3) is 3.86. The van der Waals surface area contributed by atoms with Gasteiger partial charge in [0.1, 0.15) is 5.56 Å². The van der Waals surface area contributed by atoms with Gasteiger partial charge in [-0.15, -0.1) is 0 Å². The molecule has 1 saturated carbocycles. The Morgan fingerprint density at radius 1 is 1.29 bits per heavy atom. The number of halogens is 3. The highest BCUT2D eigenvalue weighted by molar-refractivity contribution is 5.97. The van der Waals surface area contributed by atoms with Gasteiger partial charge in [0.2, 0.25) is 5.91 Å². The second-order valence-corrected chi connectivity index (χ2v) is 6.54. The van der Waals surface area contributed by atoms with Crippen LogP contribution in [0, 0.1) is 5.41 Å². The second kappa shape index (κ2) is 7.27. The lowest BCUT2D eigenvalue weighted by atomic mass is 10.1. The molecular weight excluding hydrogens is 379 g/mol. The molecule has 0 bridgehead atoms. The first-order valence-corrected chi connectivity index (χ1v) is 8.56. The van der Waals surface area contributed by atoms with Gasteiger partial charge in [0.25, 0.3) is 0 Å². The highest BCUT2D eigenvalue weighted by Gasteiger charge is 2.50. The second-order valence-electron chi connectivity index (χ2n) is 6.54. The summed E-state index contributed by atoms with van der Waals surface area (Å²) in [5.41, 5.74) is -2.41. The van der Waals surface area contributed by atoms with Gasteiger partial charge >= 0.3 is 12.1 Å². The molecule has 7 nitrogen and oxygen atoms in total. The summed E-state index contributed by atoms with van der Waals surface area (Å²) >= 11 is 0. The molecule has 2 aromatic rings. The highest BCUT2D eigenvalue weighted by Crippen LogP contribution is 2.46. The Morgan fingerprint density at radius 3 is 2.43 bits per heavy atom. The topological polar surface area (TPSA) is 93.5 Å². The van der Waals surface area contributed by atoms with Crippen LogP contribution in [0.2, 0.25) is 0 Å². The minimum Gasteiger partial charge on any atom is -0.478 e. The van der Waals surface area contributed by atoms with Crippen molar-refractivity contribution in [2.45, 2.75) is 25.9 Å². The first kappa shape index (κ1) is 19.9. The fraction of sp³-hybridized carbons (Fsp3) is 0.389. The van der Waals surface area contributed by atoms with Gasteiger partial charge in [-0.05, 0) is 44.0 Å². The van der Waals surface area contributed by atoms with Crippen LogP contribution >= 0.6 is 0 Å². The van der Waals surface area contributed by atoms with Crippen molar-refractivity contribution >= 4 is 17.6 Å². The largest absolute Gasteiger partial charge is 0.478 e. The maximum atomic E-state index is 13.3. The summed E-state index contributed by atoms with van der Waals surface area (Å²) in [7, 11) is 0. The van der Waals surface area contributed by atoms with Crippen molar-refractivity contribution < 1.29 is 32.6 Å². The number of alkyl halides is 3. The number of aromatic carboxylic acids is 1. The predicted octanol–water partition coefficient (Wildman–Crippen LogP) is 3.34. The first-order valence-electron chi connectivity index (χ1n) is 8.56. The zero-order valence-electron chi connectivity index (χ0n) is 14.9. The van der Waals surface area contributed by atoms with E-state index in [0.717, 1.165) is 12.8 Å². The van der Waals surface area contributed by atoms with Crippen LogP contribution in [0.15, 0.2) is 30.5 Å². The normalized spacial score (nSPS) is 15.3. The number of carbonyl (C=O) groups excluding carboxylic acids is 1. The molecule has 2 N–H and O–H groups in total. The number of benzene rings is 1. The molecule has 0 atom stereocenters. The molecular formula is C18H18F3N3O4. The van der Waals surface area contributed by atoms with Crippen molar-refractivity contribution in [1.82, 2.24) is 9.78 Å². The van der Waals surface area contributed by atoms with Gasteiger partial charge in [0.15, 0.2) is 5.69 Å². The van der Waals surface area contributed by atoms with Crippen LogP contribution in [0.1, 0.15) is 35.8 Å². The number of carbonyl (C=O) groups is 2. The van der Waals surface area contributed by atoms with Gasteiger partial charge in [0.05, 0.1) is 23.9 Å². The minimum absolute atomic E-state index is 0.0216. The average Bonchev–Trinajstić information content (AvgIpc) is 3.28. The van der Waals surface area contributed by atoms with Crippen LogP contribution in [0.4, 0.5) is 18.9 Å². The lowest BCUT2D eigenvalue weighted by molar-refractivity contribution is -0.143. The maximum Gasteiger partial charge on any atom is 0.434 e. The van der Waals surface area contributed by atoms with E-state index in [2.05, 4.69) is 10.4 Å². The highest BCUT2D eigenvalue weighted by atomic mass is 19.4. The van der Waals surface area contributed by atoms with E-state index in [1.54, 1.807) is 0 Å². The summed E-state index contributed by atoms with van der Waals surface area (Å²) < 4.78 is 45.7. The molecule has 10 heteroatoms. The molecule has 0 saturated heterocycles. The van der Waals surface area contributed by atoms with E-state index in [4.69, 9.17) is 9.84 Å². The third-order valence-corrected chi connectivity index (χ3v) is 4.56. The Balaban J connectivity index is 1.80. The van der Waals surface area contributed by atoms with E-state index < -0.39 is 28.8 Å². The van der Waals surface area contributed by atoms with E-state index in [-0.39, 0.29) is 11.6 Å². The third-order valence-electron chi connectivity index (χ3n) is 4.56. The smallest absolute Gasteiger partial charge is 0.434 e. The first-order chi connectivity index (χ1) is 13.2. The molecule has 0 aliphatic heterocycles. The van der Waals surface area contributed by atoms with E-state index >= 15 is 0 Å². The number of carboxylic acid groups (broad SMARTS) is 1. The summed E-state index contributed by atoms with van der Waals surface area (Å²) in [5.74, 6) is -1.91. The van der Waals surface area contributed by atoms with Crippen LogP contribution in [0.25, 0.3) is 5.69 Å². The number of aromatic nitrogens is 2. The molecule has 1 amide bonds. The summed E-state index contributed by atoms with van der Waals surface area (Å²) in [6, 6.07) is 5.52. The molecule has 0 spiro atoms. The number of ether oxygens (including phenoxy) is 1. The molecule has 1 aliphatic rings. The molecule has 3 rings (SSSR count). The van der Waals surface area contributed by atoms with Crippen LogP contribution in [-0.4, -0.2) is 40.0 Å². The zero-order chi connectivity index (χ0) is 20.5. The van der Waals surface area contributed by atoms with Crippen molar-refractivity contribution in [3.05, 3.63) is 41.7 Å². The monoisotopic (exact) mass is 397 g/mol. The standard InChI is InChI=1S/C18H18F3N3O4/c1-2-28-10-17(7-8-17)16(27)23-11-3-5-12(6-4-11)24-14(18(19,20)21)13(9-22-24)15(25)26/h3-6,9H,2,7-8,10H2,1H3,(H,23,27)(H,25,26). The van der Waals surface area contributed by atoms with Crippen molar-refractivity contribution in [3.8, 4) is 5.69 Å². The molecule has 1 aliphatic carbocycles. The fourth-order valence-corrected chi connectivity index (χ4v) is 2.81. The van der Waals surface area contributed by atoms with Crippen molar-refractivity contribution in [2.24, 2.45) is 5.41 Å². The Bertz CT molecular complexity index is 886. The van der Waals surface area contributed by atoms with Crippen LogP contribution < -0.4 is 5.32 Å². The molecule has 1 fully saturated rings. The number of amides is 1. The Kier molecular flexibility index (Phi) is 5.16. The lowest BCUT2D eigenvalue weighted by Crippen LogP contribution is -2.28. The van der Waals surface area contributed by atoms with Crippen molar-refractivity contribution in [2.75, 3.05) is 18.5 Å². The average molecular weight is 397 g/mol. The molecule has 150 valence electrons. The summed E-state index contributed by atoms with van der Waals surface area (Å²) in [6.45, 7) is 2.67. The number of hydrogen-bond acceptors (Lipinski definition) is 4. The quantitative estimate of drug-likeness (QED) is 0.747. The van der Waals surface area contributed by atoms with E-state index in [9.17, 15) is 22.8 Å². The van der Waals surface area contributed by atoms with Gasteiger partial charge < -0.3 is 15.2 Å².